The number of carbonyl (C=O) groups excluding carboxylic acids is 2. The van der Waals surface area contributed by atoms with Crippen LogP contribution >= 0.6 is 0 Å². The third kappa shape index (κ3) is 7.51. The summed E-state index contributed by atoms with van der Waals surface area (Å²) in [7, 11) is 0. The van der Waals surface area contributed by atoms with Crippen LogP contribution in [-0.4, -0.2) is 78.4 Å². The van der Waals surface area contributed by atoms with Crippen LogP contribution in [0.3, 0.4) is 0 Å². The lowest BCUT2D eigenvalue weighted by molar-refractivity contribution is -0.147. The first-order valence-electron chi connectivity index (χ1n) is 16.2. The molecule has 0 radical (unpaired) electrons. The van der Waals surface area contributed by atoms with Crippen molar-refractivity contribution in [2.45, 2.75) is 90.1 Å². The van der Waals surface area contributed by atoms with Gasteiger partial charge in [0.05, 0.1) is 0 Å². The molecule has 2 aromatic rings. The summed E-state index contributed by atoms with van der Waals surface area (Å²) in [5, 5.41) is 0. The third-order valence-corrected chi connectivity index (χ3v) is 9.41. The Morgan fingerprint density at radius 3 is 2.22 bits per heavy atom. The van der Waals surface area contributed by atoms with Crippen LogP contribution in [0.2, 0.25) is 0 Å². The number of rotatable bonds is 10. The van der Waals surface area contributed by atoms with Crippen LogP contribution in [0, 0.1) is 0 Å². The Kier molecular flexibility index (Phi) is 10.4. The molecule has 0 saturated carbocycles. The fraction of sp³-hybridized carbons (Fsp3) is 0.600. The maximum Gasteiger partial charge on any atom is 0.245 e. The van der Waals surface area contributed by atoms with E-state index in [1.807, 2.05) is 21.9 Å². The Bertz CT molecular complexity index is 1150. The number of hydrogen-bond donors (Lipinski definition) is 0. The van der Waals surface area contributed by atoms with Gasteiger partial charge in [-0.2, -0.15) is 0 Å². The van der Waals surface area contributed by atoms with Crippen LogP contribution in [0.25, 0.3) is 0 Å². The van der Waals surface area contributed by atoms with Crippen LogP contribution in [0.15, 0.2) is 48.5 Å². The van der Waals surface area contributed by atoms with Crippen molar-refractivity contribution in [2.24, 2.45) is 0 Å². The molecule has 222 valence electrons. The number of piperidine rings is 1. The van der Waals surface area contributed by atoms with Gasteiger partial charge in [0.15, 0.2) is 0 Å². The molecule has 2 saturated heterocycles. The molecule has 5 rings (SSSR count). The minimum Gasteiger partial charge on any atom is -0.369 e. The molecule has 0 spiro atoms. The molecule has 0 bridgehead atoms. The van der Waals surface area contributed by atoms with Crippen molar-refractivity contribution in [3.8, 4) is 0 Å². The average molecular weight is 559 g/mol. The van der Waals surface area contributed by atoms with E-state index in [-0.39, 0.29) is 17.9 Å². The summed E-state index contributed by atoms with van der Waals surface area (Å²) in [6.07, 6.45) is 8.85. The van der Waals surface area contributed by atoms with Crippen molar-refractivity contribution in [3.63, 3.8) is 0 Å². The summed E-state index contributed by atoms with van der Waals surface area (Å²) in [6, 6.07) is 16.8. The number of benzene rings is 2. The van der Waals surface area contributed by atoms with E-state index in [9.17, 15) is 9.59 Å². The molecule has 2 fully saturated rings. The summed E-state index contributed by atoms with van der Waals surface area (Å²) in [5.41, 5.74) is 5.27. The zero-order valence-electron chi connectivity index (χ0n) is 25.4. The van der Waals surface area contributed by atoms with Gasteiger partial charge < -0.3 is 14.7 Å². The maximum absolute atomic E-state index is 13.5. The van der Waals surface area contributed by atoms with Crippen molar-refractivity contribution in [1.82, 2.24) is 14.7 Å². The fourth-order valence-electron chi connectivity index (χ4n) is 6.92. The Balaban J connectivity index is 1.04. The topological polar surface area (TPSA) is 47.1 Å². The van der Waals surface area contributed by atoms with Gasteiger partial charge in [0.2, 0.25) is 11.8 Å². The second-order valence-corrected chi connectivity index (χ2v) is 12.6. The minimum absolute atomic E-state index is 0.146. The summed E-state index contributed by atoms with van der Waals surface area (Å²) in [4.78, 5) is 36.0. The lowest BCUT2D eigenvalue weighted by Gasteiger charge is -2.39. The lowest BCUT2D eigenvalue weighted by atomic mass is 9.92. The fourth-order valence-corrected chi connectivity index (χ4v) is 6.92. The van der Waals surface area contributed by atoms with Crippen LogP contribution in [0.1, 0.15) is 87.8 Å². The van der Waals surface area contributed by atoms with Gasteiger partial charge in [0.1, 0.15) is 6.04 Å². The molecule has 0 aromatic heterocycles. The Morgan fingerprint density at radius 2 is 1.46 bits per heavy atom. The van der Waals surface area contributed by atoms with Gasteiger partial charge in [0.25, 0.3) is 0 Å². The molecule has 3 aliphatic heterocycles. The van der Waals surface area contributed by atoms with Crippen LogP contribution in [0.4, 0.5) is 5.69 Å². The number of fused-ring (bicyclic) bond motifs is 1. The van der Waals surface area contributed by atoms with E-state index in [2.05, 4.69) is 60.0 Å². The SMILES string of the molecule is CC(C)c1ccccc1N1CCN(CCCCCCC(=O)N2Cc3ccccc3C[C@H]2C(=O)N2CCCCC2)CC1. The molecule has 1 atom stereocenters. The molecular weight excluding hydrogens is 508 g/mol. The van der Waals surface area contributed by atoms with Gasteiger partial charge in [-0.3, -0.25) is 14.5 Å². The van der Waals surface area contributed by atoms with Crippen molar-refractivity contribution >= 4 is 17.5 Å². The monoisotopic (exact) mass is 558 g/mol. The molecule has 2 aromatic carbocycles. The standard InChI is InChI=1S/C35H50N4O2/c1-28(2)31-16-9-10-17-32(31)37-24-22-36(23-25-37)19-11-4-3-6-18-34(40)39-27-30-15-8-7-14-29(30)26-33(39)35(41)38-20-12-5-13-21-38/h7-10,14-17,28,33H,3-6,11-13,18-27H2,1-2H3/t33-/m0/s1. The summed E-state index contributed by atoms with van der Waals surface area (Å²) in [6.45, 7) is 12.3. The van der Waals surface area contributed by atoms with Gasteiger partial charge >= 0.3 is 0 Å². The minimum atomic E-state index is -0.346. The largest absolute Gasteiger partial charge is 0.369 e. The van der Waals surface area contributed by atoms with Crippen molar-refractivity contribution in [2.75, 3.05) is 50.7 Å². The quantitative estimate of drug-likeness (QED) is 0.344. The van der Waals surface area contributed by atoms with E-state index in [0.29, 0.717) is 25.3 Å². The smallest absolute Gasteiger partial charge is 0.245 e. The van der Waals surface area contributed by atoms with E-state index in [0.717, 1.165) is 77.9 Å². The van der Waals surface area contributed by atoms with E-state index < -0.39 is 0 Å². The van der Waals surface area contributed by atoms with E-state index in [1.54, 1.807) is 0 Å². The number of carbonyl (C=O) groups is 2. The maximum atomic E-state index is 13.5. The number of para-hydroxylation sites is 1. The zero-order valence-corrected chi connectivity index (χ0v) is 25.4. The molecular formula is C35H50N4O2. The number of piperazine rings is 1. The van der Waals surface area contributed by atoms with Crippen LogP contribution in [-0.2, 0) is 22.6 Å². The van der Waals surface area contributed by atoms with E-state index in [4.69, 9.17) is 0 Å². The normalized spacial score (nSPS) is 19.9. The zero-order chi connectivity index (χ0) is 28.6. The number of likely N-dealkylation sites (tertiary alicyclic amines) is 1. The highest BCUT2D eigenvalue weighted by atomic mass is 16.2. The number of amides is 2. The molecule has 3 aliphatic rings. The van der Waals surface area contributed by atoms with Gasteiger partial charge in [-0.15, -0.1) is 0 Å². The highest BCUT2D eigenvalue weighted by Gasteiger charge is 2.36. The summed E-state index contributed by atoms with van der Waals surface area (Å²) in [5.74, 6) is 0.843. The highest BCUT2D eigenvalue weighted by molar-refractivity contribution is 5.88. The number of anilines is 1. The molecule has 0 aliphatic carbocycles. The van der Waals surface area contributed by atoms with Gasteiger partial charge in [-0.25, -0.2) is 0 Å². The van der Waals surface area contributed by atoms with Crippen LogP contribution < -0.4 is 4.90 Å². The van der Waals surface area contributed by atoms with Gasteiger partial charge in [-0.05, 0) is 67.3 Å². The first-order chi connectivity index (χ1) is 20.0. The first kappa shape index (κ1) is 29.6. The predicted octanol–water partition coefficient (Wildman–Crippen LogP) is 5.85. The molecule has 6 heteroatoms. The first-order valence-corrected chi connectivity index (χ1v) is 16.2. The lowest BCUT2D eigenvalue weighted by Crippen LogP contribution is -2.54. The number of hydrogen-bond acceptors (Lipinski definition) is 4. The Labute approximate surface area is 247 Å². The number of nitrogens with zero attached hydrogens (tertiary/aromatic N) is 4. The van der Waals surface area contributed by atoms with Crippen molar-refractivity contribution in [1.29, 1.82) is 0 Å². The van der Waals surface area contributed by atoms with Crippen LogP contribution in [0.5, 0.6) is 0 Å². The third-order valence-electron chi connectivity index (χ3n) is 9.41. The average Bonchev–Trinajstić information content (AvgIpc) is 3.02. The second kappa shape index (κ2) is 14.4. The molecule has 2 amide bonds. The molecule has 3 heterocycles. The predicted molar refractivity (Wildman–Crippen MR) is 167 cm³/mol. The van der Waals surface area contributed by atoms with Gasteiger partial charge in [-0.1, -0.05) is 69.2 Å². The highest BCUT2D eigenvalue weighted by Crippen LogP contribution is 2.29. The molecule has 0 unspecified atom stereocenters. The Morgan fingerprint density at radius 1 is 0.780 bits per heavy atom. The van der Waals surface area contributed by atoms with Crippen molar-refractivity contribution in [3.05, 3.63) is 65.2 Å². The van der Waals surface area contributed by atoms with Gasteiger partial charge in [0, 0.05) is 64.3 Å². The Hall–Kier alpha value is -2.86. The molecule has 41 heavy (non-hydrogen) atoms. The number of unbranched alkanes of at least 4 members (excludes halogenated alkanes) is 3. The molecule has 6 nitrogen and oxygen atoms in total. The van der Waals surface area contributed by atoms with E-state index >= 15 is 0 Å². The van der Waals surface area contributed by atoms with Crippen molar-refractivity contribution < 1.29 is 9.59 Å². The summed E-state index contributed by atoms with van der Waals surface area (Å²) < 4.78 is 0. The second-order valence-electron chi connectivity index (χ2n) is 12.6. The van der Waals surface area contributed by atoms with E-state index in [1.165, 1.54) is 35.2 Å². The molecule has 0 N–H and O–H groups in total. The summed E-state index contributed by atoms with van der Waals surface area (Å²) >= 11 is 0.